The van der Waals surface area contributed by atoms with Crippen molar-refractivity contribution in [3.05, 3.63) is 228 Å². The third-order valence-electron chi connectivity index (χ3n) is 13.1. The molecule has 0 N–H and O–H groups in total. The number of anilines is 6. The van der Waals surface area contributed by atoms with E-state index in [9.17, 15) is 0 Å². The van der Waals surface area contributed by atoms with Crippen LogP contribution in [0.25, 0.3) is 32.7 Å². The van der Waals surface area contributed by atoms with E-state index < -0.39 is 0 Å². The normalized spacial score (nSPS) is 13.4. The Morgan fingerprint density at radius 1 is 0.407 bits per heavy atom. The topological polar surface area (TPSA) is 6.48 Å². The Labute approximate surface area is 347 Å². The van der Waals surface area contributed by atoms with Gasteiger partial charge in [-0.25, -0.2) is 0 Å². The van der Waals surface area contributed by atoms with Crippen molar-refractivity contribution in [2.45, 2.75) is 44.9 Å². The van der Waals surface area contributed by atoms with Gasteiger partial charge in [0.1, 0.15) is 0 Å². The molecular weight excluding hydrogens is 713 g/mol. The molecule has 0 heterocycles. The smallest absolute Gasteiger partial charge is 0.0540 e. The summed E-state index contributed by atoms with van der Waals surface area (Å²) in [6.07, 6.45) is 4.04. The zero-order valence-electron chi connectivity index (χ0n) is 33.7. The molecule has 11 rings (SSSR count). The molecule has 2 nitrogen and oxygen atoms in total. The summed E-state index contributed by atoms with van der Waals surface area (Å²) in [4.78, 5) is 4.99. The fourth-order valence-electron chi connectivity index (χ4n) is 10.3. The highest BCUT2D eigenvalue weighted by molar-refractivity contribution is 6.01. The molecule has 0 radical (unpaired) electrons. The highest BCUT2D eigenvalue weighted by Crippen LogP contribution is 2.60. The number of aryl methyl sites for hydroxylation is 3. The predicted octanol–water partition coefficient (Wildman–Crippen LogP) is 15.3. The van der Waals surface area contributed by atoms with Gasteiger partial charge < -0.3 is 9.80 Å². The quantitative estimate of drug-likeness (QED) is 0.152. The van der Waals surface area contributed by atoms with Crippen molar-refractivity contribution in [1.29, 1.82) is 0 Å². The summed E-state index contributed by atoms with van der Waals surface area (Å²) in [5, 5.41) is 4.96. The molecule has 0 unspecified atom stereocenters. The molecule has 0 atom stereocenters. The number of nitrogens with zero attached hydrogens (tertiary/aromatic N) is 2. The zero-order chi connectivity index (χ0) is 39.5. The van der Waals surface area contributed by atoms with Crippen molar-refractivity contribution >= 4 is 55.7 Å². The van der Waals surface area contributed by atoms with Crippen LogP contribution in [0, 0.1) is 0 Å². The number of hydrogen-bond acceptors (Lipinski definition) is 2. The lowest BCUT2D eigenvalue weighted by molar-refractivity contribution is 0.626. The van der Waals surface area contributed by atoms with Gasteiger partial charge in [-0.05, 0) is 142 Å². The molecule has 1 spiro atoms. The standard InChI is InChI=1S/C57H46N2/c1-3-39-15-11-22-44(35-39)58(55-27-13-20-41-17-5-8-24-48(41)55)46-29-31-50-51-32-30-47(38-54(51)57(53(50)37-46)34-33-43-19-7-10-26-52(43)57)59(45-23-12-16-40(4-2)36-45)56-28-14-21-42-18-6-9-25-49(42)56/h5-32,35-38H,3-4,33-34H2,1-2H3. The van der Waals surface area contributed by atoms with Gasteiger partial charge in [-0.1, -0.05) is 147 Å². The van der Waals surface area contributed by atoms with E-state index in [1.54, 1.807) is 0 Å². The van der Waals surface area contributed by atoms with Crippen molar-refractivity contribution in [3.8, 4) is 11.1 Å². The van der Waals surface area contributed by atoms with Crippen LogP contribution in [0.3, 0.4) is 0 Å². The van der Waals surface area contributed by atoms with E-state index in [0.29, 0.717) is 0 Å². The van der Waals surface area contributed by atoms with Crippen LogP contribution in [-0.4, -0.2) is 0 Å². The fourth-order valence-corrected chi connectivity index (χ4v) is 10.3. The minimum atomic E-state index is -0.293. The molecule has 2 aliphatic carbocycles. The van der Waals surface area contributed by atoms with Gasteiger partial charge in [0.05, 0.1) is 11.4 Å². The Balaban J connectivity index is 1.15. The van der Waals surface area contributed by atoms with Crippen LogP contribution in [0.2, 0.25) is 0 Å². The van der Waals surface area contributed by atoms with Crippen LogP contribution < -0.4 is 9.80 Å². The van der Waals surface area contributed by atoms with Gasteiger partial charge in [-0.3, -0.25) is 0 Å². The van der Waals surface area contributed by atoms with Crippen LogP contribution in [-0.2, 0) is 24.7 Å². The second-order valence-electron chi connectivity index (χ2n) is 16.2. The van der Waals surface area contributed by atoms with E-state index in [1.807, 2.05) is 0 Å². The van der Waals surface area contributed by atoms with E-state index in [2.05, 4.69) is 218 Å². The van der Waals surface area contributed by atoms with Gasteiger partial charge in [-0.15, -0.1) is 0 Å². The summed E-state index contributed by atoms with van der Waals surface area (Å²) < 4.78 is 0. The van der Waals surface area contributed by atoms with Crippen molar-refractivity contribution in [1.82, 2.24) is 0 Å². The third-order valence-corrected chi connectivity index (χ3v) is 13.1. The van der Waals surface area contributed by atoms with E-state index in [1.165, 1.54) is 100 Å². The Morgan fingerprint density at radius 3 is 1.41 bits per heavy atom. The lowest BCUT2D eigenvalue weighted by Gasteiger charge is -2.32. The molecule has 59 heavy (non-hydrogen) atoms. The average molecular weight is 759 g/mol. The fraction of sp³-hybridized carbons (Fsp3) is 0.123. The minimum absolute atomic E-state index is 0.293. The first-order valence-corrected chi connectivity index (χ1v) is 21.3. The molecule has 0 amide bonds. The minimum Gasteiger partial charge on any atom is -0.310 e. The monoisotopic (exact) mass is 758 g/mol. The van der Waals surface area contributed by atoms with E-state index in [-0.39, 0.29) is 5.41 Å². The van der Waals surface area contributed by atoms with Crippen molar-refractivity contribution < 1.29 is 0 Å². The van der Waals surface area contributed by atoms with Crippen molar-refractivity contribution in [2.24, 2.45) is 0 Å². The lowest BCUT2D eigenvalue weighted by Crippen LogP contribution is -2.24. The first-order valence-electron chi connectivity index (χ1n) is 21.3. The Morgan fingerprint density at radius 2 is 0.864 bits per heavy atom. The molecule has 0 fully saturated rings. The molecule has 2 heteroatoms. The van der Waals surface area contributed by atoms with Crippen LogP contribution in [0.15, 0.2) is 194 Å². The second-order valence-corrected chi connectivity index (χ2v) is 16.2. The SMILES string of the molecule is CCc1cccc(N(c2ccc3c(c2)C2(CCc4ccccc42)c2cc(N(c4cccc(CC)c4)c4cccc5ccccc45)ccc2-3)c2cccc3ccccc23)c1. The molecule has 0 saturated carbocycles. The molecule has 0 bridgehead atoms. The second kappa shape index (κ2) is 14.2. The van der Waals surface area contributed by atoms with Gasteiger partial charge in [0, 0.05) is 38.9 Å². The molecule has 9 aromatic carbocycles. The maximum Gasteiger partial charge on any atom is 0.0540 e. The molecule has 9 aromatic rings. The predicted molar refractivity (Wildman–Crippen MR) is 250 cm³/mol. The summed E-state index contributed by atoms with van der Waals surface area (Å²) in [5.41, 5.74) is 17.8. The van der Waals surface area contributed by atoms with E-state index in [0.717, 1.165) is 25.7 Å². The largest absolute Gasteiger partial charge is 0.310 e. The van der Waals surface area contributed by atoms with Gasteiger partial charge in [0.15, 0.2) is 0 Å². The first-order chi connectivity index (χ1) is 29.1. The van der Waals surface area contributed by atoms with Crippen LogP contribution >= 0.6 is 0 Å². The molecule has 0 saturated heterocycles. The van der Waals surface area contributed by atoms with Gasteiger partial charge in [-0.2, -0.15) is 0 Å². The van der Waals surface area contributed by atoms with Gasteiger partial charge in [0.2, 0.25) is 0 Å². The highest BCUT2D eigenvalue weighted by Gasteiger charge is 2.49. The van der Waals surface area contributed by atoms with Crippen LogP contribution in [0.5, 0.6) is 0 Å². The summed E-state index contributed by atoms with van der Waals surface area (Å²) >= 11 is 0. The highest BCUT2D eigenvalue weighted by atomic mass is 15.1. The number of fused-ring (bicyclic) bond motifs is 9. The van der Waals surface area contributed by atoms with Crippen molar-refractivity contribution in [2.75, 3.05) is 9.80 Å². The Hall–Kier alpha value is -6.90. The third kappa shape index (κ3) is 5.62. The van der Waals surface area contributed by atoms with Crippen LogP contribution in [0.4, 0.5) is 34.1 Å². The lowest BCUT2D eigenvalue weighted by atomic mass is 9.73. The van der Waals surface area contributed by atoms with E-state index in [4.69, 9.17) is 0 Å². The zero-order valence-corrected chi connectivity index (χ0v) is 33.7. The Bertz CT molecular complexity index is 2870. The maximum absolute atomic E-state index is 2.53. The first kappa shape index (κ1) is 35.3. The summed E-state index contributed by atoms with van der Waals surface area (Å²) in [6, 6.07) is 73.0. The molecule has 0 aromatic heterocycles. The van der Waals surface area contributed by atoms with Gasteiger partial charge in [0.25, 0.3) is 0 Å². The Kier molecular flexibility index (Phi) is 8.48. The van der Waals surface area contributed by atoms with Gasteiger partial charge >= 0.3 is 0 Å². The summed E-state index contributed by atoms with van der Waals surface area (Å²) in [6.45, 7) is 4.48. The number of benzene rings is 9. The van der Waals surface area contributed by atoms with E-state index >= 15 is 0 Å². The summed E-state index contributed by atoms with van der Waals surface area (Å²) in [7, 11) is 0. The van der Waals surface area contributed by atoms with Crippen LogP contribution in [0.1, 0.15) is 53.6 Å². The molecular formula is C57H46N2. The average Bonchev–Trinajstić information content (AvgIpc) is 3.82. The molecule has 284 valence electrons. The number of rotatable bonds is 8. The number of hydrogen-bond donors (Lipinski definition) is 0. The molecule has 2 aliphatic rings. The van der Waals surface area contributed by atoms with Crippen molar-refractivity contribution in [3.63, 3.8) is 0 Å². The maximum atomic E-state index is 2.53. The molecule has 0 aliphatic heterocycles. The summed E-state index contributed by atoms with van der Waals surface area (Å²) in [5.74, 6) is 0.